The van der Waals surface area contributed by atoms with Crippen LogP contribution in [0.5, 0.6) is 0 Å². The molecule has 4 aromatic rings. The van der Waals surface area contributed by atoms with Crippen molar-refractivity contribution in [1.29, 1.82) is 0 Å². The van der Waals surface area contributed by atoms with Crippen LogP contribution >= 0.6 is 0 Å². The summed E-state index contributed by atoms with van der Waals surface area (Å²) in [6.07, 6.45) is 4.56. The molecule has 3 aromatic heterocycles. The quantitative estimate of drug-likeness (QED) is 0.447. The van der Waals surface area contributed by atoms with Gasteiger partial charge in [0, 0.05) is 37.0 Å². The van der Waals surface area contributed by atoms with Crippen molar-refractivity contribution in [2.75, 3.05) is 25.5 Å². The van der Waals surface area contributed by atoms with Crippen molar-refractivity contribution in [3.63, 3.8) is 0 Å². The van der Waals surface area contributed by atoms with Crippen LogP contribution in [0.25, 0.3) is 17.0 Å². The van der Waals surface area contributed by atoms with Crippen molar-refractivity contribution in [3.05, 3.63) is 65.9 Å². The highest BCUT2D eigenvalue weighted by molar-refractivity contribution is 6.08. The Morgan fingerprint density at radius 3 is 2.85 bits per heavy atom. The van der Waals surface area contributed by atoms with E-state index >= 15 is 0 Å². The normalized spacial score (nSPS) is 14.7. The molecule has 1 aliphatic rings. The number of hydrogen-bond acceptors (Lipinski definition) is 7. The summed E-state index contributed by atoms with van der Waals surface area (Å²) in [6.45, 7) is 2.37. The van der Waals surface area contributed by atoms with Gasteiger partial charge in [-0.3, -0.25) is 4.79 Å². The van der Waals surface area contributed by atoms with Crippen LogP contribution in [0.3, 0.4) is 0 Å². The van der Waals surface area contributed by atoms with Crippen LogP contribution in [-0.4, -0.2) is 67.3 Å². The average Bonchev–Trinajstić information content (AvgIpc) is 3.46. The van der Waals surface area contributed by atoms with Gasteiger partial charge in [0.25, 0.3) is 5.91 Å². The second-order valence-electron chi connectivity index (χ2n) is 8.28. The first-order chi connectivity index (χ1) is 16.4. The number of carbonyl (C=O) groups excluding carboxylic acids is 1. The summed E-state index contributed by atoms with van der Waals surface area (Å²) in [5.74, 6) is 0.432. The van der Waals surface area contributed by atoms with E-state index in [0.717, 1.165) is 5.56 Å². The van der Waals surface area contributed by atoms with Crippen LogP contribution in [0.4, 0.5) is 10.5 Å². The van der Waals surface area contributed by atoms with E-state index in [0.29, 0.717) is 40.6 Å². The Labute approximate surface area is 194 Å². The molecule has 11 nitrogen and oxygen atoms in total. The second kappa shape index (κ2) is 8.27. The summed E-state index contributed by atoms with van der Waals surface area (Å²) >= 11 is 0. The lowest BCUT2D eigenvalue weighted by Crippen LogP contribution is -2.65. The third-order valence-electron chi connectivity index (χ3n) is 6.01. The van der Waals surface area contributed by atoms with Crippen LogP contribution in [0, 0.1) is 6.92 Å². The fraction of sp³-hybridized carbons (Fsp3) is 0.261. The van der Waals surface area contributed by atoms with Gasteiger partial charge in [0.1, 0.15) is 11.2 Å². The predicted octanol–water partition coefficient (Wildman–Crippen LogP) is 2.87. The molecule has 0 bridgehead atoms. The van der Waals surface area contributed by atoms with Gasteiger partial charge in [-0.2, -0.15) is 4.98 Å². The number of benzene rings is 1. The highest BCUT2D eigenvalue weighted by atomic mass is 16.5. The molecule has 1 saturated heterocycles. The molecule has 0 saturated carbocycles. The van der Waals surface area contributed by atoms with Gasteiger partial charge in [-0.05, 0) is 30.7 Å². The molecule has 5 rings (SSSR count). The summed E-state index contributed by atoms with van der Waals surface area (Å²) in [6, 6.07) is 9.01. The lowest BCUT2D eigenvalue weighted by atomic mass is 9.90. The minimum atomic E-state index is -0.989. The fourth-order valence-corrected chi connectivity index (χ4v) is 4.03. The topological polar surface area (TPSA) is 135 Å². The molecule has 4 heterocycles. The minimum Gasteiger partial charge on any atom is -0.465 e. The number of imidazole rings is 1. The van der Waals surface area contributed by atoms with Crippen molar-refractivity contribution >= 4 is 23.3 Å². The highest BCUT2D eigenvalue weighted by Crippen LogP contribution is 2.30. The molecule has 174 valence electrons. The van der Waals surface area contributed by atoms with Crippen LogP contribution in [0.1, 0.15) is 21.8 Å². The van der Waals surface area contributed by atoms with Crippen LogP contribution in [-0.2, 0) is 11.2 Å². The van der Waals surface area contributed by atoms with E-state index in [1.54, 1.807) is 35.0 Å². The summed E-state index contributed by atoms with van der Waals surface area (Å²) in [5, 5.41) is 16.1. The van der Waals surface area contributed by atoms with E-state index in [1.807, 2.05) is 25.3 Å². The Bertz CT molecular complexity index is 1390. The molecule has 2 amide bonds. The number of carboxylic acid groups (broad SMARTS) is 1. The molecule has 11 heteroatoms. The third kappa shape index (κ3) is 3.86. The van der Waals surface area contributed by atoms with E-state index in [4.69, 9.17) is 14.4 Å². The molecule has 2 N–H and O–H groups in total. The number of ether oxygens (including phenoxy) is 1. The number of methoxy groups -OCH3 is 1. The van der Waals surface area contributed by atoms with Crippen molar-refractivity contribution in [2.45, 2.75) is 18.9 Å². The van der Waals surface area contributed by atoms with Gasteiger partial charge in [0.2, 0.25) is 11.7 Å². The maximum atomic E-state index is 13.0. The molecular formula is C23H22N6O5. The van der Waals surface area contributed by atoms with Crippen LogP contribution in [0.2, 0.25) is 0 Å². The zero-order valence-corrected chi connectivity index (χ0v) is 18.6. The summed E-state index contributed by atoms with van der Waals surface area (Å²) in [5.41, 5.74) is 2.51. The van der Waals surface area contributed by atoms with Crippen molar-refractivity contribution in [2.24, 2.45) is 0 Å². The molecule has 0 unspecified atom stereocenters. The smallest absolute Gasteiger partial charge is 0.407 e. The number of hydrogen-bond donors (Lipinski definition) is 2. The van der Waals surface area contributed by atoms with Gasteiger partial charge in [-0.15, -0.1) is 0 Å². The SMILES string of the molecule is COC1(Cc2nc(-c3ccc(C)c(NC(=O)c4cccn5ccnc45)c3)no2)CN(C(=O)O)C1. The van der Waals surface area contributed by atoms with Crippen LogP contribution in [0.15, 0.2) is 53.4 Å². The maximum absolute atomic E-state index is 13.0. The Morgan fingerprint density at radius 1 is 1.26 bits per heavy atom. The van der Waals surface area contributed by atoms with Gasteiger partial charge < -0.3 is 29.0 Å². The van der Waals surface area contributed by atoms with Crippen LogP contribution < -0.4 is 5.32 Å². The molecule has 1 aromatic carbocycles. The third-order valence-corrected chi connectivity index (χ3v) is 6.01. The highest BCUT2D eigenvalue weighted by Gasteiger charge is 2.47. The average molecular weight is 462 g/mol. The van der Waals surface area contributed by atoms with Gasteiger partial charge in [0.05, 0.1) is 25.1 Å². The molecule has 0 radical (unpaired) electrons. The number of aromatic nitrogens is 4. The summed E-state index contributed by atoms with van der Waals surface area (Å²) in [4.78, 5) is 34.0. The first kappa shape index (κ1) is 21.6. The fourth-order valence-electron chi connectivity index (χ4n) is 4.03. The second-order valence-corrected chi connectivity index (χ2v) is 8.28. The number of rotatable bonds is 6. The Kier molecular flexibility index (Phi) is 5.25. The molecule has 0 atom stereocenters. The molecule has 0 aliphatic carbocycles. The Morgan fingerprint density at radius 2 is 2.09 bits per heavy atom. The van der Waals surface area contributed by atoms with Crippen molar-refractivity contribution < 1.29 is 24.0 Å². The number of anilines is 1. The van der Waals surface area contributed by atoms with E-state index in [2.05, 4.69) is 20.4 Å². The number of nitrogens with zero attached hydrogens (tertiary/aromatic N) is 5. The van der Waals surface area contributed by atoms with E-state index in [9.17, 15) is 9.59 Å². The largest absolute Gasteiger partial charge is 0.465 e. The molecule has 1 aliphatic heterocycles. The molecule has 34 heavy (non-hydrogen) atoms. The lowest BCUT2D eigenvalue weighted by Gasteiger charge is -2.46. The number of pyridine rings is 1. The maximum Gasteiger partial charge on any atom is 0.407 e. The van der Waals surface area contributed by atoms with E-state index in [1.165, 1.54) is 12.0 Å². The Hall–Kier alpha value is -4.25. The summed E-state index contributed by atoms with van der Waals surface area (Å²) in [7, 11) is 1.54. The van der Waals surface area contributed by atoms with Crippen molar-refractivity contribution in [1.82, 2.24) is 24.4 Å². The lowest BCUT2D eigenvalue weighted by molar-refractivity contribution is -0.114. The molecule has 0 spiro atoms. The molecule has 1 fully saturated rings. The first-order valence-corrected chi connectivity index (χ1v) is 10.6. The zero-order valence-electron chi connectivity index (χ0n) is 18.6. The van der Waals surface area contributed by atoms with Gasteiger partial charge in [0.15, 0.2) is 0 Å². The Balaban J connectivity index is 1.34. The molecular weight excluding hydrogens is 440 g/mol. The van der Waals surface area contributed by atoms with Gasteiger partial charge in [-0.25, -0.2) is 9.78 Å². The van der Waals surface area contributed by atoms with Gasteiger partial charge in [-0.1, -0.05) is 17.3 Å². The summed E-state index contributed by atoms with van der Waals surface area (Å²) < 4.78 is 12.7. The number of carbonyl (C=O) groups is 2. The zero-order chi connectivity index (χ0) is 23.9. The monoisotopic (exact) mass is 462 g/mol. The number of nitrogens with one attached hydrogen (secondary N) is 1. The number of likely N-dealkylation sites (tertiary alicyclic amines) is 1. The minimum absolute atomic E-state index is 0.237. The van der Waals surface area contributed by atoms with E-state index in [-0.39, 0.29) is 19.0 Å². The predicted molar refractivity (Wildman–Crippen MR) is 121 cm³/mol. The standard InChI is InChI=1S/C23H22N6O5/c1-14-5-6-15(10-17(14)25-21(30)16-4-3-8-28-9-7-24-20(16)28)19-26-18(34-27-19)11-23(33-2)12-29(13-23)22(31)32/h3-10H,11-13H2,1-2H3,(H,25,30)(H,31,32). The number of aryl methyl sites for hydroxylation is 1. The number of fused-ring (bicyclic) bond motifs is 1. The van der Waals surface area contributed by atoms with E-state index < -0.39 is 11.7 Å². The first-order valence-electron chi connectivity index (χ1n) is 10.6. The van der Waals surface area contributed by atoms with Gasteiger partial charge >= 0.3 is 6.09 Å². The van der Waals surface area contributed by atoms with Crippen molar-refractivity contribution in [3.8, 4) is 11.4 Å². The number of amides is 2.